The number of amides is 1. The molecule has 4 aromatic carbocycles. The van der Waals surface area contributed by atoms with E-state index in [1.54, 1.807) is 21.1 Å². The monoisotopic (exact) mass is 899 g/mol. The molecule has 2 heterocycles. The molecule has 340 valence electrons. The quantitative estimate of drug-likeness (QED) is 0.0189. The number of H-pyrrole nitrogens is 1. The zero-order valence-corrected chi connectivity index (χ0v) is 37.7. The second kappa shape index (κ2) is 20.8. The molecule has 1 amide bonds. The molecule has 5 aromatic rings. The normalized spacial score (nSPS) is 18.0. The molecule has 18 heteroatoms. The lowest BCUT2D eigenvalue weighted by Crippen LogP contribution is -2.47. The van der Waals surface area contributed by atoms with Crippen LogP contribution in [0.25, 0.3) is 0 Å². The number of aryl methyl sites for hydroxylation is 1. The van der Waals surface area contributed by atoms with Crippen molar-refractivity contribution in [3.63, 3.8) is 0 Å². The van der Waals surface area contributed by atoms with Crippen LogP contribution in [0.1, 0.15) is 73.0 Å². The van der Waals surface area contributed by atoms with Gasteiger partial charge in [-0.05, 0) is 81.6 Å². The number of nitro groups is 1. The molecule has 6 rings (SSSR count). The molecule has 1 aliphatic heterocycles. The molecule has 1 fully saturated rings. The first-order valence-electron chi connectivity index (χ1n) is 20.7. The first kappa shape index (κ1) is 47.7. The van der Waals surface area contributed by atoms with Gasteiger partial charge in [0.2, 0.25) is 5.79 Å². The summed E-state index contributed by atoms with van der Waals surface area (Å²) in [6.07, 6.45) is -1.33. The fourth-order valence-electron chi connectivity index (χ4n) is 7.63. The molecule has 1 aliphatic rings. The summed E-state index contributed by atoms with van der Waals surface area (Å²) in [6.45, 7) is 8.97. The van der Waals surface area contributed by atoms with Crippen LogP contribution in [0, 0.1) is 17.0 Å². The number of carbonyl (C=O) groups excluding carboxylic acids is 1. The van der Waals surface area contributed by atoms with E-state index in [4.69, 9.17) is 28.0 Å². The van der Waals surface area contributed by atoms with Gasteiger partial charge in [-0.1, -0.05) is 60.7 Å². The van der Waals surface area contributed by atoms with Gasteiger partial charge in [-0.2, -0.15) is 0 Å². The predicted octanol–water partition coefficient (Wildman–Crippen LogP) is 6.56. The van der Waals surface area contributed by atoms with Crippen LogP contribution in [-0.4, -0.2) is 88.1 Å². The van der Waals surface area contributed by atoms with Crippen LogP contribution in [0.3, 0.4) is 0 Å². The van der Waals surface area contributed by atoms with E-state index in [9.17, 15) is 29.6 Å². The summed E-state index contributed by atoms with van der Waals surface area (Å²) in [5.41, 5.74) is -0.303. The van der Waals surface area contributed by atoms with Gasteiger partial charge in [-0.25, -0.2) is 9.46 Å². The minimum Gasteiger partial charge on any atom is -0.497 e. The molecule has 3 N–H and O–H groups in total. The number of hydrogen-bond donors (Lipinski definition) is 3. The molecule has 0 bridgehead atoms. The van der Waals surface area contributed by atoms with E-state index in [1.807, 2.05) is 111 Å². The van der Waals surface area contributed by atoms with Gasteiger partial charge in [-0.3, -0.25) is 33.8 Å². The maximum atomic E-state index is 13.3. The number of aromatic amines is 1. The standard InChI is InChI=1S/C46H54N5O12P/c1-30(2)50(31(3)4)64(61-25-24-47-43(53)33-12-11-15-37(26-33)51(56)57)63-45(55)27-41(49-28-32(5)42(52)48-44(49)54)62-40(45)29-60-46(34-13-9-8-10-14-34,35-16-20-38(58-6)21-17-35)36-18-22-39(59-7)23-19-36/h8-23,26,28,30-31,40-41,55H,24-25,27,29H2,1-7H3,(H,47,53)(H,48,52,54)/t40-,41-,45+,64?/m1/s1. The largest absolute Gasteiger partial charge is 0.497 e. The van der Waals surface area contributed by atoms with Gasteiger partial charge < -0.3 is 33.9 Å². The molecule has 4 atom stereocenters. The van der Waals surface area contributed by atoms with Crippen molar-refractivity contribution in [3.05, 3.63) is 168 Å². The van der Waals surface area contributed by atoms with Crippen LogP contribution in [0.2, 0.25) is 0 Å². The number of methoxy groups -OCH3 is 2. The van der Waals surface area contributed by atoms with Gasteiger partial charge in [0.1, 0.15) is 29.4 Å². The lowest BCUT2D eigenvalue weighted by Gasteiger charge is -2.41. The smallest absolute Gasteiger partial charge is 0.330 e. The first-order valence-corrected chi connectivity index (χ1v) is 21.8. The highest BCUT2D eigenvalue weighted by atomic mass is 31.2. The Morgan fingerprint density at radius 3 is 2.11 bits per heavy atom. The van der Waals surface area contributed by atoms with Crippen LogP contribution in [0.4, 0.5) is 5.69 Å². The number of benzene rings is 4. The molecule has 1 aromatic heterocycles. The fourth-order valence-corrected chi connectivity index (χ4v) is 9.37. The SMILES string of the molecule is COc1ccc(C(OC[C@H]2O[C@@H](n3cc(C)c(=O)[nH]c3=O)C[C@]2(O)OP(OCCNC(=O)c2cccc([N+](=O)[O-])c2)N(C(C)C)C(C)C)(c2ccccc2)c2ccc(OC)cc2)cc1. The Balaban J connectivity index is 1.38. The van der Waals surface area contributed by atoms with Crippen molar-refractivity contribution in [1.82, 2.24) is 19.5 Å². The van der Waals surface area contributed by atoms with Crippen LogP contribution in [0.15, 0.2) is 119 Å². The third-order valence-corrected chi connectivity index (χ3v) is 12.9. The Morgan fingerprint density at radius 2 is 1.55 bits per heavy atom. The molecule has 0 aliphatic carbocycles. The number of aliphatic hydroxyl groups is 1. The summed E-state index contributed by atoms with van der Waals surface area (Å²) in [4.78, 5) is 51.8. The summed E-state index contributed by atoms with van der Waals surface area (Å²) in [6, 6.07) is 29.5. The van der Waals surface area contributed by atoms with E-state index in [1.165, 1.54) is 35.0 Å². The Labute approximate surface area is 372 Å². The molecule has 0 radical (unpaired) electrons. The van der Waals surface area contributed by atoms with Crippen molar-refractivity contribution in [2.45, 2.75) is 76.8 Å². The molecular formula is C46H54N5O12P. The molecule has 64 heavy (non-hydrogen) atoms. The van der Waals surface area contributed by atoms with Gasteiger partial charge in [-0.15, -0.1) is 0 Å². The van der Waals surface area contributed by atoms with Crippen molar-refractivity contribution in [1.29, 1.82) is 0 Å². The van der Waals surface area contributed by atoms with Gasteiger partial charge >= 0.3 is 5.69 Å². The van der Waals surface area contributed by atoms with E-state index in [0.717, 1.165) is 16.7 Å². The summed E-state index contributed by atoms with van der Waals surface area (Å²) in [7, 11) is 1.02. The second-order valence-corrected chi connectivity index (χ2v) is 17.1. The van der Waals surface area contributed by atoms with E-state index in [-0.39, 0.29) is 55.1 Å². The van der Waals surface area contributed by atoms with E-state index < -0.39 is 54.3 Å². The minimum atomic E-state index is -2.18. The van der Waals surface area contributed by atoms with Crippen LogP contribution < -0.4 is 26.0 Å². The Bertz CT molecular complexity index is 2430. The van der Waals surface area contributed by atoms with Crippen molar-refractivity contribution >= 4 is 20.1 Å². The number of ether oxygens (including phenoxy) is 4. The Kier molecular flexibility index (Phi) is 15.5. The topological polar surface area (TPSA) is 206 Å². The summed E-state index contributed by atoms with van der Waals surface area (Å²) in [5, 5.41) is 27.0. The lowest BCUT2D eigenvalue weighted by atomic mass is 9.80. The number of rotatable bonds is 20. The zero-order chi connectivity index (χ0) is 46.2. The number of nitro benzene ring substituents is 1. The zero-order valence-electron chi connectivity index (χ0n) is 36.8. The Hall–Kier alpha value is -5.78. The van der Waals surface area contributed by atoms with E-state index >= 15 is 0 Å². The molecule has 1 saturated heterocycles. The number of nitrogens with one attached hydrogen (secondary N) is 2. The average Bonchev–Trinajstić information content (AvgIpc) is 3.61. The third-order valence-electron chi connectivity index (χ3n) is 10.8. The van der Waals surface area contributed by atoms with Crippen LogP contribution in [0.5, 0.6) is 11.5 Å². The van der Waals surface area contributed by atoms with Crippen LogP contribution in [-0.2, 0) is 24.1 Å². The summed E-state index contributed by atoms with van der Waals surface area (Å²) in [5.74, 6) is -1.47. The maximum absolute atomic E-state index is 13.3. The molecule has 0 spiro atoms. The molecule has 17 nitrogen and oxygen atoms in total. The number of hydrogen-bond acceptors (Lipinski definition) is 13. The Morgan fingerprint density at radius 1 is 0.953 bits per heavy atom. The number of carbonyl (C=O) groups is 1. The number of nitrogens with zero attached hydrogens (tertiary/aromatic N) is 3. The van der Waals surface area contributed by atoms with Gasteiger partial charge in [0.05, 0.1) is 38.8 Å². The molecule has 0 saturated carbocycles. The van der Waals surface area contributed by atoms with Gasteiger partial charge in [0.15, 0.2) is 0 Å². The third kappa shape index (κ3) is 10.6. The highest BCUT2D eigenvalue weighted by Crippen LogP contribution is 2.53. The number of non-ortho nitro benzene ring substituents is 1. The number of aromatic nitrogens is 2. The lowest BCUT2D eigenvalue weighted by molar-refractivity contribution is -0.384. The average molecular weight is 900 g/mol. The van der Waals surface area contributed by atoms with Crippen molar-refractivity contribution < 1.29 is 42.8 Å². The van der Waals surface area contributed by atoms with Gasteiger partial charge in [0.25, 0.3) is 25.7 Å². The highest BCUT2D eigenvalue weighted by Gasteiger charge is 2.54. The van der Waals surface area contributed by atoms with Crippen molar-refractivity contribution in [2.75, 3.05) is 34.0 Å². The van der Waals surface area contributed by atoms with Crippen LogP contribution >= 0.6 is 8.53 Å². The van der Waals surface area contributed by atoms with E-state index in [0.29, 0.717) is 11.5 Å². The highest BCUT2D eigenvalue weighted by molar-refractivity contribution is 7.44. The first-order chi connectivity index (χ1) is 30.6. The fraction of sp³-hybridized carbons (Fsp3) is 0.370. The minimum absolute atomic E-state index is 0.00674. The summed E-state index contributed by atoms with van der Waals surface area (Å²) < 4.78 is 41.0. The van der Waals surface area contributed by atoms with Gasteiger partial charge in [0, 0.05) is 48.1 Å². The maximum Gasteiger partial charge on any atom is 0.330 e. The second-order valence-electron chi connectivity index (χ2n) is 15.7. The van der Waals surface area contributed by atoms with E-state index in [2.05, 4.69) is 10.3 Å². The summed E-state index contributed by atoms with van der Waals surface area (Å²) >= 11 is 0. The molecular weight excluding hydrogens is 846 g/mol. The van der Waals surface area contributed by atoms with Crippen molar-refractivity contribution in [2.24, 2.45) is 0 Å². The predicted molar refractivity (Wildman–Crippen MR) is 239 cm³/mol. The molecule has 1 unspecified atom stereocenters. The van der Waals surface area contributed by atoms with Crippen molar-refractivity contribution in [3.8, 4) is 11.5 Å².